The molecule has 16 heavy (non-hydrogen) atoms. The maximum Gasteiger partial charge on any atom is 0.130 e. The Morgan fingerprint density at radius 3 is 2.62 bits per heavy atom. The Labute approximate surface area is 101 Å². The molecule has 2 nitrogen and oxygen atoms in total. The number of halogens is 1. The third-order valence-electron chi connectivity index (χ3n) is 2.12. The molecule has 0 aromatic heterocycles. The van der Waals surface area contributed by atoms with Gasteiger partial charge in [0.05, 0.1) is 0 Å². The predicted molar refractivity (Wildman–Crippen MR) is 65.9 cm³/mol. The number of ether oxygens (including phenoxy) is 1. The van der Waals surface area contributed by atoms with Gasteiger partial charge in [-0.15, -0.1) is 0 Å². The fourth-order valence-corrected chi connectivity index (χ4v) is 1.33. The van der Waals surface area contributed by atoms with Crippen molar-refractivity contribution in [3.63, 3.8) is 0 Å². The Kier molecular flexibility index (Phi) is 5.65. The Hall–Kier alpha value is -1.28. The molecule has 0 saturated carbocycles. The quantitative estimate of drug-likeness (QED) is 0.760. The van der Waals surface area contributed by atoms with Crippen molar-refractivity contribution in [3.05, 3.63) is 41.4 Å². The van der Waals surface area contributed by atoms with Gasteiger partial charge >= 0.3 is 0 Å². The predicted octanol–water partition coefficient (Wildman–Crippen LogP) is 3.34. The number of benzene rings is 1. The van der Waals surface area contributed by atoms with Gasteiger partial charge < -0.3 is 9.53 Å². The Balaban J connectivity index is 2.44. The molecule has 0 radical (unpaired) electrons. The summed E-state index contributed by atoms with van der Waals surface area (Å²) >= 11 is 5.37. The zero-order valence-electron chi connectivity index (χ0n) is 9.28. The number of hydrogen-bond acceptors (Lipinski definition) is 2. The molecule has 0 aliphatic carbocycles. The minimum absolute atomic E-state index is 0.215. The highest BCUT2D eigenvalue weighted by atomic mass is 35.5. The SMILES string of the molecule is CC(=O)CCc1ccc(OC/C=C/Cl)cc1. The van der Waals surface area contributed by atoms with E-state index in [4.69, 9.17) is 16.3 Å². The van der Waals surface area contributed by atoms with E-state index in [1.807, 2.05) is 24.3 Å². The third-order valence-corrected chi connectivity index (χ3v) is 2.30. The fourth-order valence-electron chi connectivity index (χ4n) is 1.25. The van der Waals surface area contributed by atoms with Crippen LogP contribution >= 0.6 is 11.6 Å². The van der Waals surface area contributed by atoms with Crippen LogP contribution in [0.3, 0.4) is 0 Å². The summed E-state index contributed by atoms with van der Waals surface area (Å²) in [5, 5.41) is 0. The second kappa shape index (κ2) is 7.07. The second-order valence-electron chi connectivity index (χ2n) is 3.52. The largest absolute Gasteiger partial charge is 0.490 e. The van der Waals surface area contributed by atoms with Crippen LogP contribution in [0.2, 0.25) is 0 Å². The minimum atomic E-state index is 0.215. The van der Waals surface area contributed by atoms with Crippen LogP contribution in [0.15, 0.2) is 35.9 Å². The molecule has 0 spiro atoms. The van der Waals surface area contributed by atoms with Gasteiger partial charge in [-0.2, -0.15) is 0 Å². The van der Waals surface area contributed by atoms with Crippen molar-refractivity contribution >= 4 is 17.4 Å². The minimum Gasteiger partial charge on any atom is -0.490 e. The zero-order valence-corrected chi connectivity index (χ0v) is 10.0. The average Bonchev–Trinajstić information content (AvgIpc) is 2.28. The highest BCUT2D eigenvalue weighted by molar-refractivity contribution is 6.25. The topological polar surface area (TPSA) is 26.3 Å². The summed E-state index contributed by atoms with van der Waals surface area (Å²) in [6.07, 6.45) is 3.11. The van der Waals surface area contributed by atoms with Gasteiger partial charge in [0.1, 0.15) is 18.1 Å². The van der Waals surface area contributed by atoms with Crippen molar-refractivity contribution in [3.8, 4) is 5.75 Å². The van der Waals surface area contributed by atoms with E-state index in [0.29, 0.717) is 13.0 Å². The molecule has 1 aromatic carbocycles. The van der Waals surface area contributed by atoms with Gasteiger partial charge in [0.15, 0.2) is 0 Å². The van der Waals surface area contributed by atoms with Crippen molar-refractivity contribution in [2.75, 3.05) is 6.61 Å². The molecule has 3 heteroatoms. The van der Waals surface area contributed by atoms with Crippen molar-refractivity contribution in [1.82, 2.24) is 0 Å². The first-order chi connectivity index (χ1) is 7.72. The number of Topliss-reactive ketones (excluding diaryl/α,β-unsaturated/α-hetero) is 1. The van der Waals surface area contributed by atoms with Crippen molar-refractivity contribution in [2.45, 2.75) is 19.8 Å². The molecular weight excluding hydrogens is 224 g/mol. The molecule has 0 aliphatic rings. The molecule has 0 saturated heterocycles. The molecule has 0 amide bonds. The standard InChI is InChI=1S/C13H15ClO2/c1-11(15)3-4-12-5-7-13(8-6-12)16-10-2-9-14/h2,5-9H,3-4,10H2,1H3/b9-2+. The van der Waals surface area contributed by atoms with Crippen LogP contribution in [-0.2, 0) is 11.2 Å². The molecule has 0 aliphatic heterocycles. The van der Waals surface area contributed by atoms with E-state index in [1.54, 1.807) is 13.0 Å². The number of carbonyl (C=O) groups is 1. The maximum absolute atomic E-state index is 10.8. The number of hydrogen-bond donors (Lipinski definition) is 0. The Morgan fingerprint density at radius 1 is 1.38 bits per heavy atom. The van der Waals surface area contributed by atoms with Gasteiger partial charge in [-0.1, -0.05) is 23.7 Å². The molecular formula is C13H15ClO2. The van der Waals surface area contributed by atoms with E-state index in [2.05, 4.69) is 0 Å². The molecule has 1 rings (SSSR count). The van der Waals surface area contributed by atoms with Crippen molar-refractivity contribution in [2.24, 2.45) is 0 Å². The summed E-state index contributed by atoms with van der Waals surface area (Å²) in [5.41, 5.74) is 2.58. The Bertz CT molecular complexity index is 355. The van der Waals surface area contributed by atoms with E-state index in [1.165, 1.54) is 5.54 Å². The summed E-state index contributed by atoms with van der Waals surface area (Å²) < 4.78 is 5.39. The summed E-state index contributed by atoms with van der Waals surface area (Å²) in [4.78, 5) is 10.8. The highest BCUT2D eigenvalue weighted by Crippen LogP contribution is 2.13. The lowest BCUT2D eigenvalue weighted by Gasteiger charge is -2.04. The highest BCUT2D eigenvalue weighted by Gasteiger charge is 1.97. The lowest BCUT2D eigenvalue weighted by molar-refractivity contribution is -0.116. The average molecular weight is 239 g/mol. The van der Waals surface area contributed by atoms with Crippen molar-refractivity contribution < 1.29 is 9.53 Å². The summed E-state index contributed by atoms with van der Waals surface area (Å²) in [7, 11) is 0. The van der Waals surface area contributed by atoms with E-state index in [-0.39, 0.29) is 5.78 Å². The van der Waals surface area contributed by atoms with Crippen LogP contribution in [0.1, 0.15) is 18.9 Å². The normalized spacial score (nSPS) is 10.6. The fraction of sp³-hybridized carbons (Fsp3) is 0.308. The number of ketones is 1. The number of aryl methyl sites for hydroxylation is 1. The molecule has 0 N–H and O–H groups in total. The second-order valence-corrected chi connectivity index (χ2v) is 3.77. The van der Waals surface area contributed by atoms with E-state index < -0.39 is 0 Å². The summed E-state index contributed by atoms with van der Waals surface area (Å²) in [5.74, 6) is 1.02. The van der Waals surface area contributed by atoms with Gasteiger partial charge in [0.25, 0.3) is 0 Å². The van der Waals surface area contributed by atoms with Gasteiger partial charge in [0, 0.05) is 12.0 Å². The van der Waals surface area contributed by atoms with Crippen LogP contribution in [0.4, 0.5) is 0 Å². The smallest absolute Gasteiger partial charge is 0.130 e. The first-order valence-electron chi connectivity index (χ1n) is 5.19. The number of carbonyl (C=O) groups excluding carboxylic acids is 1. The lowest BCUT2D eigenvalue weighted by atomic mass is 10.1. The Morgan fingerprint density at radius 2 is 2.06 bits per heavy atom. The molecule has 0 heterocycles. The first-order valence-corrected chi connectivity index (χ1v) is 5.62. The monoisotopic (exact) mass is 238 g/mol. The van der Waals surface area contributed by atoms with Crippen LogP contribution < -0.4 is 4.74 Å². The van der Waals surface area contributed by atoms with Crippen LogP contribution in [-0.4, -0.2) is 12.4 Å². The van der Waals surface area contributed by atoms with Crippen LogP contribution in [0.25, 0.3) is 0 Å². The lowest BCUT2D eigenvalue weighted by Crippen LogP contribution is -1.95. The van der Waals surface area contributed by atoms with E-state index in [0.717, 1.165) is 17.7 Å². The maximum atomic E-state index is 10.8. The molecule has 86 valence electrons. The van der Waals surface area contributed by atoms with Gasteiger partial charge in [0.2, 0.25) is 0 Å². The van der Waals surface area contributed by atoms with Gasteiger partial charge in [-0.3, -0.25) is 0 Å². The molecule has 0 fully saturated rings. The third kappa shape index (κ3) is 4.99. The van der Waals surface area contributed by atoms with Crippen LogP contribution in [0.5, 0.6) is 5.75 Å². The van der Waals surface area contributed by atoms with E-state index >= 15 is 0 Å². The zero-order chi connectivity index (χ0) is 11.8. The van der Waals surface area contributed by atoms with Crippen LogP contribution in [0, 0.1) is 0 Å². The molecule has 1 aromatic rings. The summed E-state index contributed by atoms with van der Waals surface area (Å²) in [6, 6.07) is 7.75. The molecule has 0 atom stereocenters. The molecule has 0 bridgehead atoms. The van der Waals surface area contributed by atoms with Crippen molar-refractivity contribution in [1.29, 1.82) is 0 Å². The number of rotatable bonds is 6. The molecule has 0 unspecified atom stereocenters. The first kappa shape index (κ1) is 12.8. The van der Waals surface area contributed by atoms with Gasteiger partial charge in [-0.05, 0) is 37.1 Å². The van der Waals surface area contributed by atoms with E-state index in [9.17, 15) is 4.79 Å². The summed E-state index contributed by atoms with van der Waals surface area (Å²) in [6.45, 7) is 2.08. The van der Waals surface area contributed by atoms with Gasteiger partial charge in [-0.25, -0.2) is 0 Å².